The zero-order valence-electron chi connectivity index (χ0n) is 17.3. The van der Waals surface area contributed by atoms with E-state index in [9.17, 15) is 9.59 Å². The van der Waals surface area contributed by atoms with E-state index in [1.165, 1.54) is 44.8 Å². The Bertz CT molecular complexity index is 915. The Hall–Kier alpha value is -2.76. The maximum absolute atomic E-state index is 12.9. The average Bonchev–Trinajstić information content (AvgIpc) is 3.22. The summed E-state index contributed by atoms with van der Waals surface area (Å²) in [6.07, 6.45) is 9.84. The number of ether oxygens (including phenoxy) is 1. The first kappa shape index (κ1) is 19.2. The highest BCUT2D eigenvalue weighted by molar-refractivity contribution is 6.03. The molecule has 1 aromatic heterocycles. The van der Waals surface area contributed by atoms with Crippen LogP contribution >= 0.6 is 0 Å². The van der Waals surface area contributed by atoms with Gasteiger partial charge < -0.3 is 19.8 Å². The van der Waals surface area contributed by atoms with Crippen LogP contribution in [-0.4, -0.2) is 18.9 Å². The number of rotatable bonds is 6. The predicted octanol–water partition coefficient (Wildman–Crippen LogP) is 5.09. The molecule has 0 unspecified atom stereocenters. The molecule has 0 atom stereocenters. The van der Waals surface area contributed by atoms with Gasteiger partial charge in [-0.3, -0.25) is 9.59 Å². The van der Waals surface area contributed by atoms with Crippen LogP contribution in [0.4, 0.5) is 11.4 Å². The monoisotopic (exact) mass is 408 g/mol. The van der Waals surface area contributed by atoms with Crippen molar-refractivity contribution in [3.8, 4) is 5.75 Å². The number of nitrogens with one attached hydrogen (secondary N) is 2. The quantitative estimate of drug-likeness (QED) is 0.698. The summed E-state index contributed by atoms with van der Waals surface area (Å²) in [7, 11) is 1.54. The molecule has 4 bridgehead atoms. The zero-order valence-corrected chi connectivity index (χ0v) is 17.3. The molecule has 158 valence electrons. The maximum atomic E-state index is 12.9. The highest BCUT2D eigenvalue weighted by atomic mass is 16.5. The van der Waals surface area contributed by atoms with Gasteiger partial charge >= 0.3 is 0 Å². The number of methoxy groups -OCH3 is 1. The van der Waals surface area contributed by atoms with Gasteiger partial charge in [0.2, 0.25) is 5.91 Å². The third-order valence-electron chi connectivity index (χ3n) is 7.18. The third kappa shape index (κ3) is 3.71. The first-order valence-corrected chi connectivity index (χ1v) is 10.8. The van der Waals surface area contributed by atoms with Gasteiger partial charge in [0.05, 0.1) is 19.1 Å². The predicted molar refractivity (Wildman–Crippen MR) is 114 cm³/mol. The number of benzene rings is 1. The Balaban J connectivity index is 1.25. The molecule has 1 heterocycles. The van der Waals surface area contributed by atoms with Crippen molar-refractivity contribution < 1.29 is 18.7 Å². The van der Waals surface area contributed by atoms with E-state index in [0.29, 0.717) is 23.5 Å². The molecule has 2 amide bonds. The van der Waals surface area contributed by atoms with Crippen LogP contribution in [-0.2, 0) is 4.79 Å². The number of hydrogen-bond acceptors (Lipinski definition) is 4. The normalized spacial score (nSPS) is 28.9. The van der Waals surface area contributed by atoms with Crippen LogP contribution < -0.4 is 15.4 Å². The van der Waals surface area contributed by atoms with E-state index in [2.05, 4.69) is 10.6 Å². The van der Waals surface area contributed by atoms with Gasteiger partial charge in [0, 0.05) is 18.2 Å². The molecule has 0 aliphatic heterocycles. The molecule has 4 aliphatic carbocycles. The molecule has 2 N–H and O–H groups in total. The summed E-state index contributed by atoms with van der Waals surface area (Å²) in [6.45, 7) is 0. The SMILES string of the molecule is COc1cc(NC(=O)CC23CC4CC(CC(C4)C2)C3)ccc1NC(=O)c1ccco1. The fourth-order valence-electron chi connectivity index (χ4n) is 6.52. The summed E-state index contributed by atoms with van der Waals surface area (Å²) >= 11 is 0. The lowest BCUT2D eigenvalue weighted by Crippen LogP contribution is -2.47. The molecule has 6 nitrogen and oxygen atoms in total. The van der Waals surface area contributed by atoms with Gasteiger partial charge in [0.25, 0.3) is 5.91 Å². The first-order valence-electron chi connectivity index (χ1n) is 10.8. The van der Waals surface area contributed by atoms with Gasteiger partial charge in [-0.05, 0) is 86.0 Å². The molecule has 4 fully saturated rings. The van der Waals surface area contributed by atoms with Crippen LogP contribution in [0.1, 0.15) is 55.5 Å². The Morgan fingerprint density at radius 1 is 1.07 bits per heavy atom. The summed E-state index contributed by atoms with van der Waals surface area (Å²) in [5.41, 5.74) is 1.41. The largest absolute Gasteiger partial charge is 0.494 e. The van der Waals surface area contributed by atoms with Crippen LogP contribution in [0.25, 0.3) is 0 Å². The van der Waals surface area contributed by atoms with Crippen LogP contribution in [0.2, 0.25) is 0 Å². The molecule has 0 spiro atoms. The highest BCUT2D eigenvalue weighted by Crippen LogP contribution is 2.61. The lowest BCUT2D eigenvalue weighted by Gasteiger charge is -2.56. The summed E-state index contributed by atoms with van der Waals surface area (Å²) in [5.74, 6) is 2.94. The molecule has 6 heteroatoms. The number of anilines is 2. The van der Waals surface area contributed by atoms with Crippen molar-refractivity contribution in [1.29, 1.82) is 0 Å². The molecular formula is C24H28N2O4. The van der Waals surface area contributed by atoms with Crippen molar-refractivity contribution in [2.75, 3.05) is 17.7 Å². The van der Waals surface area contributed by atoms with E-state index in [0.717, 1.165) is 17.8 Å². The molecule has 4 saturated carbocycles. The third-order valence-corrected chi connectivity index (χ3v) is 7.18. The molecule has 4 aliphatic rings. The molecule has 0 saturated heterocycles. The Morgan fingerprint density at radius 2 is 1.77 bits per heavy atom. The minimum Gasteiger partial charge on any atom is -0.494 e. The standard InChI is InChI=1S/C24H28N2O4/c1-29-21-10-18(4-5-19(21)26-23(28)20-3-2-6-30-20)25-22(27)14-24-11-15-7-16(12-24)9-17(8-15)13-24/h2-6,10,15-17H,7-9,11-14H2,1H3,(H,25,27)(H,26,28). The van der Waals surface area contributed by atoms with Gasteiger partial charge in [-0.25, -0.2) is 0 Å². The van der Waals surface area contributed by atoms with Crippen molar-refractivity contribution in [1.82, 2.24) is 0 Å². The summed E-state index contributed by atoms with van der Waals surface area (Å²) < 4.78 is 10.5. The van der Waals surface area contributed by atoms with Gasteiger partial charge in [0.1, 0.15) is 5.75 Å². The van der Waals surface area contributed by atoms with Crippen LogP contribution in [0.5, 0.6) is 5.75 Å². The van der Waals surface area contributed by atoms with Crippen LogP contribution in [0.15, 0.2) is 41.0 Å². The van der Waals surface area contributed by atoms with Gasteiger partial charge in [-0.2, -0.15) is 0 Å². The Labute approximate surface area is 176 Å². The van der Waals surface area contributed by atoms with E-state index in [1.54, 1.807) is 37.4 Å². The Kier molecular flexibility index (Phi) is 4.80. The first-order chi connectivity index (χ1) is 14.5. The second-order valence-electron chi connectivity index (χ2n) is 9.49. The van der Waals surface area contributed by atoms with E-state index in [1.807, 2.05) is 0 Å². The lowest BCUT2D eigenvalue weighted by molar-refractivity contribution is -0.124. The van der Waals surface area contributed by atoms with E-state index < -0.39 is 0 Å². The molecule has 6 rings (SSSR count). The fourth-order valence-corrected chi connectivity index (χ4v) is 6.52. The van der Waals surface area contributed by atoms with Gasteiger partial charge in [-0.15, -0.1) is 0 Å². The van der Waals surface area contributed by atoms with Crippen LogP contribution in [0.3, 0.4) is 0 Å². The summed E-state index contributed by atoms with van der Waals surface area (Å²) in [6, 6.07) is 8.53. The Morgan fingerprint density at radius 3 is 2.37 bits per heavy atom. The van der Waals surface area contributed by atoms with Crippen molar-refractivity contribution in [3.05, 3.63) is 42.4 Å². The van der Waals surface area contributed by atoms with Crippen LogP contribution in [0, 0.1) is 23.2 Å². The molecular weight excluding hydrogens is 380 g/mol. The molecule has 0 radical (unpaired) electrons. The number of hydrogen-bond donors (Lipinski definition) is 2. The number of furan rings is 1. The fraction of sp³-hybridized carbons (Fsp3) is 0.500. The lowest BCUT2D eigenvalue weighted by atomic mass is 9.49. The van der Waals surface area contributed by atoms with Crippen molar-refractivity contribution in [2.24, 2.45) is 23.2 Å². The van der Waals surface area contributed by atoms with Gasteiger partial charge in [-0.1, -0.05) is 0 Å². The van der Waals surface area contributed by atoms with Crippen molar-refractivity contribution in [3.63, 3.8) is 0 Å². The highest BCUT2D eigenvalue weighted by Gasteiger charge is 2.51. The summed E-state index contributed by atoms with van der Waals surface area (Å²) in [4.78, 5) is 25.1. The van der Waals surface area contributed by atoms with Crippen molar-refractivity contribution >= 4 is 23.2 Å². The summed E-state index contributed by atoms with van der Waals surface area (Å²) in [5, 5.41) is 5.83. The number of amides is 2. The molecule has 2 aromatic rings. The topological polar surface area (TPSA) is 80.6 Å². The smallest absolute Gasteiger partial charge is 0.291 e. The number of carbonyl (C=O) groups excluding carboxylic acids is 2. The molecule has 30 heavy (non-hydrogen) atoms. The minimum atomic E-state index is -0.350. The van der Waals surface area contributed by atoms with Gasteiger partial charge in [0.15, 0.2) is 5.76 Å². The zero-order chi connectivity index (χ0) is 20.7. The van der Waals surface area contributed by atoms with E-state index in [-0.39, 0.29) is 23.0 Å². The number of carbonyl (C=O) groups is 2. The molecule has 1 aromatic carbocycles. The van der Waals surface area contributed by atoms with Crippen molar-refractivity contribution in [2.45, 2.75) is 44.9 Å². The van der Waals surface area contributed by atoms with E-state index >= 15 is 0 Å². The minimum absolute atomic E-state index is 0.0753. The van der Waals surface area contributed by atoms with E-state index in [4.69, 9.17) is 9.15 Å². The second kappa shape index (κ2) is 7.49. The maximum Gasteiger partial charge on any atom is 0.291 e. The second-order valence-corrected chi connectivity index (χ2v) is 9.49. The average molecular weight is 408 g/mol.